The number of amides is 1. The van der Waals surface area contributed by atoms with Gasteiger partial charge in [-0.25, -0.2) is 19.1 Å². The van der Waals surface area contributed by atoms with Gasteiger partial charge in [0.25, 0.3) is 11.7 Å². The maximum absolute atomic E-state index is 12.9. The molecule has 0 fully saturated rings. The molecule has 1 amide bonds. The number of ether oxygens (including phenoxy) is 1. The summed E-state index contributed by atoms with van der Waals surface area (Å²) in [5, 5.41) is 12.9. The van der Waals surface area contributed by atoms with Gasteiger partial charge in [0.2, 0.25) is 0 Å². The van der Waals surface area contributed by atoms with Crippen molar-refractivity contribution in [1.82, 2.24) is 19.9 Å². The molecule has 2 aromatic carbocycles. The van der Waals surface area contributed by atoms with Crippen LogP contribution in [0.15, 0.2) is 48.5 Å². The van der Waals surface area contributed by atoms with Crippen LogP contribution in [0.25, 0.3) is 11.0 Å². The summed E-state index contributed by atoms with van der Waals surface area (Å²) >= 11 is 5.93. The van der Waals surface area contributed by atoms with E-state index in [4.69, 9.17) is 27.8 Å². The smallest absolute Gasteiger partial charge is 0.310 e. The van der Waals surface area contributed by atoms with Crippen LogP contribution in [0.2, 0.25) is 5.15 Å². The average Bonchev–Trinajstić information content (AvgIpc) is 3.19. The molecule has 1 unspecified atom stereocenters. The number of anilines is 2. The predicted octanol–water partition coefficient (Wildman–Crippen LogP) is 2.15. The third-order valence-corrected chi connectivity index (χ3v) is 6.40. The molecule has 0 aliphatic carbocycles. The number of hydrogen-bond donors (Lipinski definition) is 4. The number of carbonyl (C=O) groups excluding carboxylic acids is 2. The molecule has 0 radical (unpaired) electrons. The van der Waals surface area contributed by atoms with Gasteiger partial charge in [-0.2, -0.15) is 0 Å². The Hall–Kier alpha value is -4.22. The number of nitrogens with one attached hydrogen (secondary N) is 1. The number of rotatable bonds is 10. The second-order valence-electron chi connectivity index (χ2n) is 9.08. The molecule has 1 atom stereocenters. The number of halogens is 1. The third kappa shape index (κ3) is 6.44. The Morgan fingerprint density at radius 3 is 2.56 bits per heavy atom. The summed E-state index contributed by atoms with van der Waals surface area (Å²) in [7, 11) is 0. The monoisotopic (exact) mass is 552 g/mol. The Bertz CT molecular complexity index is 1510. The van der Waals surface area contributed by atoms with E-state index in [0.29, 0.717) is 13.1 Å². The minimum Gasteiger partial charge on any atom is -0.461 e. The second kappa shape index (κ2) is 12.1. The van der Waals surface area contributed by atoms with Gasteiger partial charge in [0, 0.05) is 0 Å². The summed E-state index contributed by atoms with van der Waals surface area (Å²) in [6.45, 7) is 4.84. The van der Waals surface area contributed by atoms with Gasteiger partial charge in [-0.3, -0.25) is 9.59 Å². The summed E-state index contributed by atoms with van der Waals surface area (Å²) in [6, 6.07) is 15.2. The molecule has 0 spiro atoms. The van der Waals surface area contributed by atoms with Crippen molar-refractivity contribution in [3.8, 4) is 0 Å². The molecule has 0 saturated carbocycles. The first-order chi connectivity index (χ1) is 18.7. The average molecular weight is 553 g/mol. The van der Waals surface area contributed by atoms with Gasteiger partial charge in [-0.15, -0.1) is 0 Å². The van der Waals surface area contributed by atoms with Gasteiger partial charge in [0.1, 0.15) is 19.7 Å². The largest absolute Gasteiger partial charge is 0.461 e. The van der Waals surface area contributed by atoms with E-state index >= 15 is 0 Å². The predicted molar refractivity (Wildman–Crippen MR) is 146 cm³/mol. The number of fused-ring (bicyclic) bond motifs is 1. The van der Waals surface area contributed by atoms with Crippen LogP contribution in [0.4, 0.5) is 11.6 Å². The lowest BCUT2D eigenvalue weighted by Gasteiger charge is -2.09. The number of nitrogen functional groups attached to an aromatic ring is 2. The molecule has 39 heavy (non-hydrogen) atoms. The van der Waals surface area contributed by atoms with Crippen molar-refractivity contribution in [2.24, 2.45) is 0 Å². The molecule has 0 bridgehead atoms. The van der Waals surface area contributed by atoms with Crippen LogP contribution in [0.3, 0.4) is 0 Å². The first kappa shape index (κ1) is 27.8. The Balaban J connectivity index is 1.59. The summed E-state index contributed by atoms with van der Waals surface area (Å²) in [5.74, 6) is -0.366. The molecular formula is C27H31ClN7O4+. The van der Waals surface area contributed by atoms with Crippen molar-refractivity contribution in [3.63, 3.8) is 0 Å². The van der Waals surface area contributed by atoms with Crippen LogP contribution in [0.5, 0.6) is 0 Å². The second-order valence-corrected chi connectivity index (χ2v) is 9.44. The number of aryl methyl sites for hydroxylation is 1. The highest BCUT2D eigenvalue weighted by Crippen LogP contribution is 2.20. The molecule has 6 N–H and O–H groups in total. The normalized spacial score (nSPS) is 11.9. The van der Waals surface area contributed by atoms with E-state index in [2.05, 4.69) is 15.3 Å². The summed E-state index contributed by atoms with van der Waals surface area (Å²) < 4.78 is 9.40. The fourth-order valence-electron chi connectivity index (χ4n) is 4.37. The minimum atomic E-state index is -0.648. The van der Waals surface area contributed by atoms with Crippen LogP contribution in [0, 0.1) is 0 Å². The highest BCUT2D eigenvalue weighted by atomic mass is 35.5. The number of imidazole rings is 1. The Morgan fingerprint density at radius 1 is 1.13 bits per heavy atom. The maximum Gasteiger partial charge on any atom is 0.310 e. The van der Waals surface area contributed by atoms with E-state index in [-0.39, 0.29) is 48.0 Å². The van der Waals surface area contributed by atoms with Crippen molar-refractivity contribution in [1.29, 1.82) is 0 Å². The van der Waals surface area contributed by atoms with E-state index in [1.165, 1.54) is 0 Å². The number of hydrogen-bond acceptors (Lipinski definition) is 8. The molecule has 2 aromatic heterocycles. The van der Waals surface area contributed by atoms with Crippen LogP contribution in [-0.4, -0.2) is 37.6 Å². The number of aliphatic hydroxyl groups excluding tert-OH is 1. The molecule has 11 nitrogen and oxygen atoms in total. The lowest BCUT2D eigenvalue weighted by molar-refractivity contribution is -0.686. The minimum absolute atomic E-state index is 0.0636. The van der Waals surface area contributed by atoms with Crippen LogP contribution >= 0.6 is 11.6 Å². The number of aliphatic hydroxyl groups is 1. The molecule has 2 heterocycles. The molecule has 0 aliphatic rings. The Morgan fingerprint density at radius 2 is 1.87 bits per heavy atom. The van der Waals surface area contributed by atoms with Crippen molar-refractivity contribution >= 4 is 46.1 Å². The first-order valence-corrected chi connectivity index (χ1v) is 12.8. The van der Waals surface area contributed by atoms with Crippen LogP contribution < -0.4 is 21.4 Å². The number of aromatic nitrogens is 4. The van der Waals surface area contributed by atoms with Gasteiger partial charge in [0.05, 0.1) is 19.1 Å². The lowest BCUT2D eigenvalue weighted by atomic mass is 10.1. The summed E-state index contributed by atoms with van der Waals surface area (Å²) in [4.78, 5) is 33.2. The van der Waals surface area contributed by atoms with Crippen molar-refractivity contribution < 1.29 is 24.0 Å². The van der Waals surface area contributed by atoms with Crippen molar-refractivity contribution in [2.45, 2.75) is 52.6 Å². The fourth-order valence-corrected chi connectivity index (χ4v) is 4.49. The maximum atomic E-state index is 12.9. The summed E-state index contributed by atoms with van der Waals surface area (Å²) in [6.07, 6.45) is -0.541. The number of nitrogens with two attached hydrogens (primary N) is 2. The fraction of sp³-hybridized carbons (Fsp3) is 0.296. The van der Waals surface area contributed by atoms with E-state index < -0.39 is 12.0 Å². The standard InChI is InChI=1S/C27H30ClN7O4/c1-3-34-20-11-18(12-22(37)39-15-17-7-5-4-6-8-17)9-10-19(20)35(14-16(2)36)21(34)13-31-27(38)23-25(29)33-26(30)24(28)32-23/h4-11,16,36H,3,12-15H2,1-2H3,(H4-,29,30,31,33,38)/p+1. The third-order valence-electron chi connectivity index (χ3n) is 6.13. The molecule has 0 aliphatic heterocycles. The quantitative estimate of drug-likeness (QED) is 0.172. The zero-order valence-corrected chi connectivity index (χ0v) is 22.5. The van der Waals surface area contributed by atoms with Gasteiger partial charge >= 0.3 is 5.97 Å². The van der Waals surface area contributed by atoms with Crippen molar-refractivity contribution in [3.05, 3.63) is 76.3 Å². The Labute approximate surface area is 230 Å². The lowest BCUT2D eigenvalue weighted by Crippen LogP contribution is -2.44. The molecule has 204 valence electrons. The van der Waals surface area contributed by atoms with E-state index in [1.54, 1.807) is 6.92 Å². The van der Waals surface area contributed by atoms with Crippen LogP contribution in [-0.2, 0) is 42.2 Å². The number of benzene rings is 2. The van der Waals surface area contributed by atoms with Gasteiger partial charge in [-0.05, 0) is 37.1 Å². The molecule has 0 saturated heterocycles. The van der Waals surface area contributed by atoms with Gasteiger partial charge in [0.15, 0.2) is 33.5 Å². The van der Waals surface area contributed by atoms with E-state index in [1.807, 2.05) is 64.6 Å². The van der Waals surface area contributed by atoms with E-state index in [0.717, 1.165) is 28.0 Å². The highest BCUT2D eigenvalue weighted by molar-refractivity contribution is 6.31. The first-order valence-electron chi connectivity index (χ1n) is 12.5. The number of nitrogens with zero attached hydrogens (tertiary/aromatic N) is 4. The molecular weight excluding hydrogens is 522 g/mol. The van der Waals surface area contributed by atoms with Gasteiger partial charge in [-0.1, -0.05) is 48.0 Å². The number of carbonyl (C=O) groups is 2. The van der Waals surface area contributed by atoms with Gasteiger partial charge < -0.3 is 26.6 Å². The van der Waals surface area contributed by atoms with E-state index in [9.17, 15) is 14.7 Å². The zero-order chi connectivity index (χ0) is 28.1. The van der Waals surface area contributed by atoms with Crippen molar-refractivity contribution in [2.75, 3.05) is 11.5 Å². The Kier molecular flexibility index (Phi) is 8.62. The topological polar surface area (TPSA) is 162 Å². The zero-order valence-electron chi connectivity index (χ0n) is 21.7. The SMILES string of the molecule is CCn1c(CNC(=O)c2nc(Cl)c(N)nc2N)[n+](CC(C)O)c2ccc(CC(=O)OCc3ccccc3)cc21. The molecule has 4 aromatic rings. The highest BCUT2D eigenvalue weighted by Gasteiger charge is 2.27. The van der Waals surface area contributed by atoms with Crippen LogP contribution in [0.1, 0.15) is 41.3 Å². The summed E-state index contributed by atoms with van der Waals surface area (Å²) in [5.41, 5.74) is 14.7. The molecule has 4 rings (SSSR count). The molecule has 12 heteroatoms. The number of esters is 1.